The smallest absolute Gasteiger partial charge is 0.229 e. The number of amides is 1. The van der Waals surface area contributed by atoms with Crippen molar-refractivity contribution in [3.8, 4) is 0 Å². The highest BCUT2D eigenvalue weighted by Gasteiger charge is 2.28. The third-order valence-corrected chi connectivity index (χ3v) is 3.15. The van der Waals surface area contributed by atoms with Gasteiger partial charge in [0.2, 0.25) is 5.91 Å². The van der Waals surface area contributed by atoms with Crippen LogP contribution in [0.25, 0.3) is 0 Å². The van der Waals surface area contributed by atoms with Gasteiger partial charge in [-0.2, -0.15) is 0 Å². The molecule has 0 spiro atoms. The van der Waals surface area contributed by atoms with Gasteiger partial charge in [0.25, 0.3) is 0 Å². The van der Waals surface area contributed by atoms with Crippen LogP contribution in [0.1, 0.15) is 24.8 Å². The molecule has 86 valence electrons. The Morgan fingerprint density at radius 2 is 2.12 bits per heavy atom. The fourth-order valence-corrected chi connectivity index (χ4v) is 2.10. The molecule has 1 heterocycles. The summed E-state index contributed by atoms with van der Waals surface area (Å²) in [5.74, 6) is -0.00532. The molecule has 2 rings (SSSR count). The summed E-state index contributed by atoms with van der Waals surface area (Å²) in [5, 5.41) is 9.41. The van der Waals surface area contributed by atoms with E-state index < -0.39 is 0 Å². The van der Waals surface area contributed by atoms with E-state index in [1.165, 1.54) is 0 Å². The molecule has 1 saturated heterocycles. The third-order valence-electron chi connectivity index (χ3n) is 3.15. The molecule has 1 N–H and O–H groups in total. The summed E-state index contributed by atoms with van der Waals surface area (Å²) in [4.78, 5) is 13.9. The third kappa shape index (κ3) is 2.25. The number of likely N-dealkylation sites (tertiary alicyclic amines) is 1. The van der Waals surface area contributed by atoms with Crippen LogP contribution in [0.5, 0.6) is 0 Å². The maximum atomic E-state index is 12.1. The summed E-state index contributed by atoms with van der Waals surface area (Å²) in [6.07, 6.45) is 0.361. The topological polar surface area (TPSA) is 40.5 Å². The highest BCUT2D eigenvalue weighted by Crippen LogP contribution is 2.20. The van der Waals surface area contributed by atoms with Gasteiger partial charge in [-0.1, -0.05) is 30.3 Å². The SMILES string of the molecule is CC(C(=O)N1CCC(O)C1)c1ccccc1. The minimum Gasteiger partial charge on any atom is -0.391 e. The predicted octanol–water partition coefficient (Wildman–Crippen LogP) is 1.38. The van der Waals surface area contributed by atoms with E-state index in [1.807, 2.05) is 37.3 Å². The zero-order chi connectivity index (χ0) is 11.5. The first-order valence-corrected chi connectivity index (χ1v) is 5.70. The van der Waals surface area contributed by atoms with Crippen LogP contribution in [0.4, 0.5) is 0 Å². The van der Waals surface area contributed by atoms with Gasteiger partial charge < -0.3 is 10.0 Å². The Morgan fingerprint density at radius 3 is 2.69 bits per heavy atom. The van der Waals surface area contributed by atoms with Crippen molar-refractivity contribution in [1.29, 1.82) is 0 Å². The van der Waals surface area contributed by atoms with Crippen molar-refractivity contribution in [3.63, 3.8) is 0 Å². The molecule has 3 nitrogen and oxygen atoms in total. The van der Waals surface area contributed by atoms with Gasteiger partial charge in [0.15, 0.2) is 0 Å². The fourth-order valence-electron chi connectivity index (χ4n) is 2.10. The second kappa shape index (κ2) is 4.66. The van der Waals surface area contributed by atoms with Crippen molar-refractivity contribution in [3.05, 3.63) is 35.9 Å². The van der Waals surface area contributed by atoms with Gasteiger partial charge in [0.1, 0.15) is 0 Å². The van der Waals surface area contributed by atoms with Gasteiger partial charge >= 0.3 is 0 Å². The first kappa shape index (κ1) is 11.1. The van der Waals surface area contributed by atoms with E-state index in [-0.39, 0.29) is 17.9 Å². The van der Waals surface area contributed by atoms with Gasteiger partial charge in [-0.3, -0.25) is 4.79 Å². The molecule has 1 aromatic carbocycles. The van der Waals surface area contributed by atoms with Crippen LogP contribution in [0, 0.1) is 0 Å². The lowest BCUT2D eigenvalue weighted by atomic mass is 10.00. The minimum atomic E-state index is -0.341. The second-order valence-corrected chi connectivity index (χ2v) is 4.36. The lowest BCUT2D eigenvalue weighted by Crippen LogP contribution is -2.32. The number of aliphatic hydroxyl groups excluding tert-OH is 1. The molecule has 1 aromatic rings. The number of aliphatic hydroxyl groups is 1. The first-order chi connectivity index (χ1) is 7.68. The van der Waals surface area contributed by atoms with Crippen LogP contribution in [0.15, 0.2) is 30.3 Å². The molecule has 0 aromatic heterocycles. The lowest BCUT2D eigenvalue weighted by Gasteiger charge is -2.20. The molecule has 1 aliphatic heterocycles. The molecule has 1 amide bonds. The Labute approximate surface area is 95.7 Å². The van der Waals surface area contributed by atoms with Crippen molar-refractivity contribution in [1.82, 2.24) is 4.90 Å². The highest BCUT2D eigenvalue weighted by atomic mass is 16.3. The standard InChI is InChI=1S/C13H17NO2/c1-10(11-5-3-2-4-6-11)13(16)14-8-7-12(15)9-14/h2-6,10,12,15H,7-9H2,1H3. The average Bonchev–Trinajstić information content (AvgIpc) is 2.75. The Bertz CT molecular complexity index is 363. The van der Waals surface area contributed by atoms with Crippen molar-refractivity contribution in [2.24, 2.45) is 0 Å². The maximum Gasteiger partial charge on any atom is 0.229 e. The first-order valence-electron chi connectivity index (χ1n) is 5.70. The van der Waals surface area contributed by atoms with Crippen molar-refractivity contribution in [2.45, 2.75) is 25.4 Å². The number of carbonyl (C=O) groups excluding carboxylic acids is 1. The summed E-state index contributed by atoms with van der Waals surface area (Å²) in [5.41, 5.74) is 1.04. The Balaban J connectivity index is 2.05. The van der Waals surface area contributed by atoms with Crippen LogP contribution in [-0.4, -0.2) is 35.1 Å². The summed E-state index contributed by atoms with van der Waals surface area (Å²) in [6.45, 7) is 3.08. The molecule has 2 unspecified atom stereocenters. The molecule has 3 heteroatoms. The maximum absolute atomic E-state index is 12.1. The van der Waals surface area contributed by atoms with Crippen molar-refractivity contribution < 1.29 is 9.90 Å². The normalized spacial score (nSPS) is 22.1. The van der Waals surface area contributed by atoms with E-state index in [2.05, 4.69) is 0 Å². The summed E-state index contributed by atoms with van der Waals surface area (Å²) in [7, 11) is 0. The molecule has 0 radical (unpaired) electrons. The quantitative estimate of drug-likeness (QED) is 0.816. The van der Waals surface area contributed by atoms with E-state index in [9.17, 15) is 9.90 Å². The lowest BCUT2D eigenvalue weighted by molar-refractivity contribution is -0.131. The van der Waals surface area contributed by atoms with Gasteiger partial charge in [0.05, 0.1) is 12.0 Å². The van der Waals surface area contributed by atoms with E-state index in [0.29, 0.717) is 19.5 Å². The van der Waals surface area contributed by atoms with Crippen LogP contribution >= 0.6 is 0 Å². The van der Waals surface area contributed by atoms with E-state index in [0.717, 1.165) is 5.56 Å². The number of hydrogen-bond donors (Lipinski definition) is 1. The van der Waals surface area contributed by atoms with Crippen LogP contribution in [0.3, 0.4) is 0 Å². The molecule has 1 aliphatic rings. The Hall–Kier alpha value is -1.35. The number of β-amino-alcohol motifs (C(OH)–C–C–N with tert-alkyl or cyclic N) is 1. The Morgan fingerprint density at radius 1 is 1.44 bits per heavy atom. The summed E-state index contributed by atoms with van der Waals surface area (Å²) < 4.78 is 0. The van der Waals surface area contributed by atoms with Gasteiger partial charge in [-0.15, -0.1) is 0 Å². The largest absolute Gasteiger partial charge is 0.391 e. The molecule has 2 atom stereocenters. The summed E-state index contributed by atoms with van der Waals surface area (Å²) >= 11 is 0. The van der Waals surface area contributed by atoms with Crippen molar-refractivity contribution in [2.75, 3.05) is 13.1 Å². The average molecular weight is 219 g/mol. The van der Waals surface area contributed by atoms with Crippen LogP contribution in [-0.2, 0) is 4.79 Å². The highest BCUT2D eigenvalue weighted by molar-refractivity contribution is 5.83. The molecule has 0 saturated carbocycles. The molecule has 1 fully saturated rings. The summed E-state index contributed by atoms with van der Waals surface area (Å²) in [6, 6.07) is 9.76. The van der Waals surface area contributed by atoms with Gasteiger partial charge in [-0.05, 0) is 18.9 Å². The van der Waals surface area contributed by atoms with Gasteiger partial charge in [-0.25, -0.2) is 0 Å². The monoisotopic (exact) mass is 219 g/mol. The molecular weight excluding hydrogens is 202 g/mol. The number of nitrogens with zero attached hydrogens (tertiary/aromatic N) is 1. The van der Waals surface area contributed by atoms with E-state index in [4.69, 9.17) is 0 Å². The van der Waals surface area contributed by atoms with E-state index >= 15 is 0 Å². The molecular formula is C13H17NO2. The number of carbonyl (C=O) groups is 1. The van der Waals surface area contributed by atoms with Crippen LogP contribution in [0.2, 0.25) is 0 Å². The molecule has 16 heavy (non-hydrogen) atoms. The van der Waals surface area contributed by atoms with Crippen LogP contribution < -0.4 is 0 Å². The number of rotatable bonds is 2. The molecule has 0 aliphatic carbocycles. The van der Waals surface area contributed by atoms with Gasteiger partial charge in [0, 0.05) is 13.1 Å². The number of benzene rings is 1. The second-order valence-electron chi connectivity index (χ2n) is 4.36. The fraction of sp³-hybridized carbons (Fsp3) is 0.462. The molecule has 0 bridgehead atoms. The predicted molar refractivity (Wildman–Crippen MR) is 62.1 cm³/mol. The van der Waals surface area contributed by atoms with Crippen molar-refractivity contribution >= 4 is 5.91 Å². The van der Waals surface area contributed by atoms with E-state index in [1.54, 1.807) is 4.90 Å². The Kier molecular flexibility index (Phi) is 3.25. The zero-order valence-corrected chi connectivity index (χ0v) is 9.47. The minimum absolute atomic E-state index is 0.114. The zero-order valence-electron chi connectivity index (χ0n) is 9.47. The number of hydrogen-bond acceptors (Lipinski definition) is 2.